The lowest BCUT2D eigenvalue weighted by Gasteiger charge is -2.18. The Hall–Kier alpha value is -1.86. The molecule has 4 heterocycles. The lowest BCUT2D eigenvalue weighted by Crippen LogP contribution is -2.33. The van der Waals surface area contributed by atoms with Gasteiger partial charge in [-0.15, -0.1) is 11.3 Å². The Morgan fingerprint density at radius 1 is 1.39 bits per heavy atom. The van der Waals surface area contributed by atoms with Crippen LogP contribution in [-0.4, -0.2) is 45.2 Å². The molecule has 2 aromatic rings. The summed E-state index contributed by atoms with van der Waals surface area (Å²) in [6.07, 6.45) is 3.41. The second kappa shape index (κ2) is 5.65. The lowest BCUT2D eigenvalue weighted by atomic mass is 10.2. The number of hydrogen-bond acceptors (Lipinski definition) is 5. The summed E-state index contributed by atoms with van der Waals surface area (Å²) in [6, 6.07) is 1.78. The minimum Gasteiger partial charge on any atom is -0.365 e. The molecule has 0 aliphatic carbocycles. The number of carbonyl (C=O) groups excluding carboxylic acids is 1. The van der Waals surface area contributed by atoms with Gasteiger partial charge < -0.3 is 10.2 Å². The average molecular weight is 350 g/mol. The minimum absolute atomic E-state index is 0.0369. The highest BCUT2D eigenvalue weighted by atomic mass is 35.5. The highest BCUT2D eigenvalue weighted by molar-refractivity contribution is 7.11. The number of nitrogens with one attached hydrogen (secondary N) is 1. The van der Waals surface area contributed by atoms with E-state index in [0.717, 1.165) is 29.4 Å². The van der Waals surface area contributed by atoms with Crippen molar-refractivity contribution in [1.82, 2.24) is 19.7 Å². The zero-order valence-electron chi connectivity index (χ0n) is 12.7. The van der Waals surface area contributed by atoms with Gasteiger partial charge in [-0.05, 0) is 6.92 Å². The summed E-state index contributed by atoms with van der Waals surface area (Å²) in [7, 11) is 0. The third kappa shape index (κ3) is 2.74. The molecule has 0 radical (unpaired) electrons. The molecule has 0 aromatic carbocycles. The number of thiazole rings is 1. The minimum atomic E-state index is -0.0369. The maximum Gasteiger partial charge on any atom is 0.274 e. The standard InChI is InChI=1S/C15H16ClN5OS/c1-9-18-11-2-4-20(5-3-13(11)23-9)15(22)12-6-14-17-7-10(16)8-21(14)19-12/h6,8,17H,2-5,7H2,1H3. The summed E-state index contributed by atoms with van der Waals surface area (Å²) in [4.78, 5) is 20.5. The molecule has 1 N–H and O–H groups in total. The van der Waals surface area contributed by atoms with Gasteiger partial charge in [0.1, 0.15) is 5.82 Å². The Morgan fingerprint density at radius 3 is 3.09 bits per heavy atom. The third-order valence-electron chi connectivity index (χ3n) is 4.06. The SMILES string of the molecule is Cc1nc2c(s1)CCN(C(=O)c1cc3n(n1)C=C(Cl)CN3)CC2. The van der Waals surface area contributed by atoms with E-state index in [0.29, 0.717) is 30.4 Å². The molecule has 1 amide bonds. The first-order chi connectivity index (χ1) is 11.1. The fraction of sp³-hybridized carbons (Fsp3) is 0.400. The van der Waals surface area contributed by atoms with Crippen LogP contribution in [0.1, 0.15) is 26.1 Å². The molecule has 0 atom stereocenters. The summed E-state index contributed by atoms with van der Waals surface area (Å²) < 4.78 is 1.62. The van der Waals surface area contributed by atoms with Gasteiger partial charge in [0.05, 0.1) is 22.3 Å². The zero-order valence-corrected chi connectivity index (χ0v) is 14.2. The number of aromatic nitrogens is 3. The van der Waals surface area contributed by atoms with Crippen LogP contribution in [0.25, 0.3) is 6.20 Å². The molecule has 6 nitrogen and oxygen atoms in total. The molecule has 120 valence electrons. The number of carbonyl (C=O) groups is 1. The topological polar surface area (TPSA) is 63.1 Å². The van der Waals surface area contributed by atoms with Crippen molar-refractivity contribution >= 4 is 40.9 Å². The number of anilines is 1. The van der Waals surface area contributed by atoms with Crippen LogP contribution in [0.2, 0.25) is 0 Å². The van der Waals surface area contributed by atoms with Crippen molar-refractivity contribution < 1.29 is 4.79 Å². The number of hydrogen-bond donors (Lipinski definition) is 1. The largest absolute Gasteiger partial charge is 0.365 e. The Labute approximate surface area is 142 Å². The summed E-state index contributed by atoms with van der Waals surface area (Å²) in [5.41, 5.74) is 1.59. The van der Waals surface area contributed by atoms with Crippen LogP contribution in [0.4, 0.5) is 5.82 Å². The van der Waals surface area contributed by atoms with Crippen molar-refractivity contribution in [2.24, 2.45) is 0 Å². The van der Waals surface area contributed by atoms with Crippen LogP contribution in [-0.2, 0) is 12.8 Å². The highest BCUT2D eigenvalue weighted by Gasteiger charge is 2.24. The van der Waals surface area contributed by atoms with Crippen LogP contribution in [0.5, 0.6) is 0 Å². The van der Waals surface area contributed by atoms with Gasteiger partial charge in [-0.25, -0.2) is 9.67 Å². The molecular formula is C15H16ClN5OS. The molecule has 0 spiro atoms. The Bertz CT molecular complexity index is 783. The van der Waals surface area contributed by atoms with E-state index in [9.17, 15) is 4.79 Å². The quantitative estimate of drug-likeness (QED) is 0.858. The molecular weight excluding hydrogens is 334 g/mol. The Kier molecular flexibility index (Phi) is 3.61. The molecule has 0 saturated carbocycles. The Morgan fingerprint density at radius 2 is 2.22 bits per heavy atom. The van der Waals surface area contributed by atoms with Crippen molar-refractivity contribution in [3.8, 4) is 0 Å². The van der Waals surface area contributed by atoms with E-state index in [-0.39, 0.29) is 5.91 Å². The molecule has 8 heteroatoms. The predicted molar refractivity (Wildman–Crippen MR) is 91.0 cm³/mol. The lowest BCUT2D eigenvalue weighted by molar-refractivity contribution is 0.0756. The fourth-order valence-corrected chi connectivity index (χ4v) is 4.07. The van der Waals surface area contributed by atoms with E-state index in [2.05, 4.69) is 15.4 Å². The smallest absolute Gasteiger partial charge is 0.274 e. The van der Waals surface area contributed by atoms with Crippen molar-refractivity contribution in [1.29, 1.82) is 0 Å². The maximum absolute atomic E-state index is 12.7. The summed E-state index contributed by atoms with van der Waals surface area (Å²) >= 11 is 7.73. The summed E-state index contributed by atoms with van der Waals surface area (Å²) in [6.45, 7) is 3.99. The van der Waals surface area contributed by atoms with Gasteiger partial charge >= 0.3 is 0 Å². The molecule has 2 aliphatic heterocycles. The first-order valence-electron chi connectivity index (χ1n) is 7.54. The van der Waals surface area contributed by atoms with Crippen molar-refractivity contribution in [2.45, 2.75) is 19.8 Å². The van der Waals surface area contributed by atoms with E-state index in [1.165, 1.54) is 4.88 Å². The Balaban J connectivity index is 1.53. The second-order valence-electron chi connectivity index (χ2n) is 5.68. The number of fused-ring (bicyclic) bond motifs is 2. The number of aryl methyl sites for hydroxylation is 1. The van der Waals surface area contributed by atoms with Gasteiger partial charge in [0.25, 0.3) is 5.91 Å². The molecule has 23 heavy (non-hydrogen) atoms. The van der Waals surface area contributed by atoms with Crippen molar-refractivity contribution in [3.63, 3.8) is 0 Å². The van der Waals surface area contributed by atoms with Gasteiger partial charge in [0, 0.05) is 43.1 Å². The second-order valence-corrected chi connectivity index (χ2v) is 7.46. The third-order valence-corrected chi connectivity index (χ3v) is 5.36. The predicted octanol–water partition coefficient (Wildman–Crippen LogP) is 2.35. The number of amides is 1. The van der Waals surface area contributed by atoms with E-state index in [4.69, 9.17) is 11.6 Å². The number of nitrogens with zero attached hydrogens (tertiary/aromatic N) is 4. The highest BCUT2D eigenvalue weighted by Crippen LogP contribution is 2.24. The molecule has 0 fully saturated rings. The van der Waals surface area contributed by atoms with E-state index >= 15 is 0 Å². The maximum atomic E-state index is 12.7. The summed E-state index contributed by atoms with van der Waals surface area (Å²) in [5, 5.41) is 9.26. The molecule has 2 aromatic heterocycles. The van der Waals surface area contributed by atoms with Gasteiger partial charge in [-0.2, -0.15) is 5.10 Å². The first-order valence-corrected chi connectivity index (χ1v) is 8.73. The van der Waals surface area contributed by atoms with E-state index < -0.39 is 0 Å². The van der Waals surface area contributed by atoms with Gasteiger partial charge in [0.2, 0.25) is 0 Å². The van der Waals surface area contributed by atoms with Crippen molar-refractivity contribution in [2.75, 3.05) is 25.0 Å². The van der Waals surface area contributed by atoms with E-state index in [1.54, 1.807) is 28.3 Å². The zero-order chi connectivity index (χ0) is 16.0. The molecule has 4 rings (SSSR count). The first kappa shape index (κ1) is 14.7. The van der Waals surface area contributed by atoms with Gasteiger partial charge in [0.15, 0.2) is 5.69 Å². The number of rotatable bonds is 1. The van der Waals surface area contributed by atoms with Crippen LogP contribution in [0, 0.1) is 6.92 Å². The van der Waals surface area contributed by atoms with Crippen LogP contribution < -0.4 is 5.32 Å². The summed E-state index contributed by atoms with van der Waals surface area (Å²) in [5.74, 6) is 0.758. The molecule has 0 saturated heterocycles. The van der Waals surface area contributed by atoms with Crippen molar-refractivity contribution in [3.05, 3.63) is 32.4 Å². The van der Waals surface area contributed by atoms with Crippen LogP contribution >= 0.6 is 22.9 Å². The molecule has 2 aliphatic rings. The van der Waals surface area contributed by atoms with Gasteiger partial charge in [-0.1, -0.05) is 11.6 Å². The van der Waals surface area contributed by atoms with Crippen LogP contribution in [0.15, 0.2) is 11.1 Å². The average Bonchev–Trinajstić information content (AvgIpc) is 3.04. The van der Waals surface area contributed by atoms with Crippen LogP contribution in [0.3, 0.4) is 0 Å². The molecule has 0 unspecified atom stereocenters. The monoisotopic (exact) mass is 349 g/mol. The normalized spacial score (nSPS) is 17.0. The number of halogens is 1. The molecule has 0 bridgehead atoms. The van der Waals surface area contributed by atoms with E-state index in [1.807, 2.05) is 11.8 Å². The van der Waals surface area contributed by atoms with Gasteiger partial charge in [-0.3, -0.25) is 4.79 Å². The fourth-order valence-electron chi connectivity index (χ4n) is 2.94.